The Kier molecular flexibility index (Phi) is 6.67. The van der Waals surface area contributed by atoms with Gasteiger partial charge in [-0.2, -0.15) is 0 Å². The molecule has 0 spiro atoms. The summed E-state index contributed by atoms with van der Waals surface area (Å²) >= 11 is 6.72. The molecule has 0 aliphatic carbocycles. The van der Waals surface area contributed by atoms with E-state index in [1.807, 2.05) is 13.0 Å². The number of fused-ring (bicyclic) bond motifs is 1. The van der Waals surface area contributed by atoms with Crippen molar-refractivity contribution < 1.29 is 14.6 Å². The molecule has 3 aromatic rings. The third-order valence-electron chi connectivity index (χ3n) is 6.72. The van der Waals surface area contributed by atoms with Crippen LogP contribution in [0.4, 0.5) is 11.6 Å². The van der Waals surface area contributed by atoms with Crippen molar-refractivity contribution in [3.05, 3.63) is 63.7 Å². The summed E-state index contributed by atoms with van der Waals surface area (Å²) in [5.74, 6) is 0.792. The van der Waals surface area contributed by atoms with Crippen molar-refractivity contribution in [2.24, 2.45) is 0 Å². The molecule has 4 rings (SSSR count). The van der Waals surface area contributed by atoms with Crippen LogP contribution >= 0.6 is 11.6 Å². The Bertz CT molecular complexity index is 1340. The van der Waals surface area contributed by atoms with E-state index in [0.717, 1.165) is 45.6 Å². The molecule has 2 aromatic heterocycles. The third kappa shape index (κ3) is 4.18. The van der Waals surface area contributed by atoms with E-state index in [-0.39, 0.29) is 11.7 Å². The van der Waals surface area contributed by atoms with Crippen LogP contribution < -0.4 is 15.4 Å². The molecule has 9 heteroatoms. The maximum Gasteiger partial charge on any atom is 0.354 e. The van der Waals surface area contributed by atoms with Gasteiger partial charge in [0.2, 0.25) is 0 Å². The maximum atomic E-state index is 11.3. The molecule has 0 saturated heterocycles. The van der Waals surface area contributed by atoms with Crippen molar-refractivity contribution in [3.63, 3.8) is 0 Å². The van der Waals surface area contributed by atoms with E-state index in [2.05, 4.69) is 40.6 Å². The highest BCUT2D eigenvalue weighted by molar-refractivity contribution is 6.32. The molecule has 35 heavy (non-hydrogen) atoms. The minimum Gasteiger partial charge on any atom is -0.496 e. The highest BCUT2D eigenvalue weighted by Gasteiger charge is 2.31. The number of carboxylic acid groups (broad SMARTS) is 1. The molecule has 0 radical (unpaired) electrons. The summed E-state index contributed by atoms with van der Waals surface area (Å²) in [5.41, 5.74) is 12.7. The van der Waals surface area contributed by atoms with Gasteiger partial charge < -0.3 is 20.5 Å². The van der Waals surface area contributed by atoms with E-state index >= 15 is 0 Å². The second-order valence-corrected chi connectivity index (χ2v) is 8.97. The summed E-state index contributed by atoms with van der Waals surface area (Å²) in [4.78, 5) is 26.4. The molecule has 0 saturated carbocycles. The standard InChI is InChI=1S/C26H28ClN5O3/c1-6-16-11-32(25-22(13(16)2)24(28)30-12-31-25)15(4)18-9-19(27)14(3)21(23(18)35-5)17-7-8-20(26(33)34)29-10-17/h7-10,12,15H,6,11H2,1-5H3,(H,33,34)(H2,28,30,31). The average Bonchev–Trinajstić information content (AvgIpc) is 2.85. The van der Waals surface area contributed by atoms with Gasteiger partial charge in [-0.3, -0.25) is 0 Å². The number of nitrogen functional groups attached to an aromatic ring is 1. The van der Waals surface area contributed by atoms with Crippen molar-refractivity contribution in [2.75, 3.05) is 24.3 Å². The van der Waals surface area contributed by atoms with Crippen LogP contribution in [0.1, 0.15) is 60.4 Å². The van der Waals surface area contributed by atoms with Crippen molar-refractivity contribution in [1.82, 2.24) is 15.0 Å². The van der Waals surface area contributed by atoms with Crippen LogP contribution in [0.2, 0.25) is 5.02 Å². The van der Waals surface area contributed by atoms with Crippen LogP contribution in [-0.4, -0.2) is 39.7 Å². The number of halogens is 1. The molecule has 0 amide bonds. The summed E-state index contributed by atoms with van der Waals surface area (Å²) in [5, 5.41) is 9.81. The number of aromatic nitrogens is 3. The van der Waals surface area contributed by atoms with Gasteiger partial charge in [-0.05, 0) is 56.0 Å². The zero-order valence-electron chi connectivity index (χ0n) is 20.4. The number of rotatable bonds is 6. The van der Waals surface area contributed by atoms with Gasteiger partial charge in [-0.1, -0.05) is 24.6 Å². The maximum absolute atomic E-state index is 11.3. The van der Waals surface area contributed by atoms with Crippen LogP contribution in [0, 0.1) is 6.92 Å². The van der Waals surface area contributed by atoms with E-state index < -0.39 is 5.97 Å². The number of benzene rings is 1. The SMILES string of the molecule is CCC1=C(C)c2c(N)ncnc2N(C(C)c2cc(Cl)c(C)c(-c3ccc(C(=O)O)nc3)c2OC)C1. The number of nitrogens with zero attached hydrogens (tertiary/aromatic N) is 4. The van der Waals surface area contributed by atoms with Crippen molar-refractivity contribution in [1.29, 1.82) is 0 Å². The molecule has 1 atom stereocenters. The molecule has 3 heterocycles. The van der Waals surface area contributed by atoms with E-state index in [1.165, 1.54) is 24.2 Å². The number of pyridine rings is 1. The van der Waals surface area contributed by atoms with Crippen molar-refractivity contribution in [2.45, 2.75) is 40.2 Å². The Morgan fingerprint density at radius 3 is 2.60 bits per heavy atom. The Hall–Kier alpha value is -3.65. The van der Waals surface area contributed by atoms with Crippen molar-refractivity contribution >= 4 is 34.8 Å². The fourth-order valence-electron chi connectivity index (χ4n) is 4.70. The first-order valence-electron chi connectivity index (χ1n) is 11.3. The molecule has 1 aliphatic rings. The minimum absolute atomic E-state index is 0.0302. The normalized spacial score (nSPS) is 14.1. The van der Waals surface area contributed by atoms with Crippen LogP contribution in [0.25, 0.3) is 16.7 Å². The molecule has 1 aromatic carbocycles. The van der Waals surface area contributed by atoms with Crippen LogP contribution in [0.5, 0.6) is 5.75 Å². The lowest BCUT2D eigenvalue weighted by Gasteiger charge is -2.38. The first kappa shape index (κ1) is 24.5. The highest BCUT2D eigenvalue weighted by atomic mass is 35.5. The predicted molar refractivity (Wildman–Crippen MR) is 138 cm³/mol. The van der Waals surface area contributed by atoms with E-state index in [0.29, 0.717) is 23.1 Å². The monoisotopic (exact) mass is 493 g/mol. The Balaban J connectivity index is 1.88. The van der Waals surface area contributed by atoms with E-state index in [1.54, 1.807) is 13.2 Å². The Labute approximate surface area is 209 Å². The molecule has 3 N–H and O–H groups in total. The molecule has 0 bridgehead atoms. The summed E-state index contributed by atoms with van der Waals surface area (Å²) in [7, 11) is 1.62. The smallest absolute Gasteiger partial charge is 0.354 e. The quantitative estimate of drug-likeness (QED) is 0.459. The van der Waals surface area contributed by atoms with Crippen molar-refractivity contribution in [3.8, 4) is 16.9 Å². The number of hydrogen-bond acceptors (Lipinski definition) is 7. The largest absolute Gasteiger partial charge is 0.496 e. The zero-order valence-corrected chi connectivity index (χ0v) is 21.1. The third-order valence-corrected chi connectivity index (χ3v) is 7.11. The van der Waals surface area contributed by atoms with Gasteiger partial charge in [-0.25, -0.2) is 19.7 Å². The Morgan fingerprint density at radius 1 is 1.26 bits per heavy atom. The van der Waals surface area contributed by atoms with Gasteiger partial charge in [0.15, 0.2) is 0 Å². The first-order valence-corrected chi connectivity index (χ1v) is 11.7. The number of anilines is 2. The number of ether oxygens (including phenoxy) is 1. The molecule has 8 nitrogen and oxygen atoms in total. The van der Waals surface area contributed by atoms with Crippen LogP contribution in [-0.2, 0) is 0 Å². The molecule has 1 unspecified atom stereocenters. The topological polar surface area (TPSA) is 114 Å². The van der Waals surface area contributed by atoms with Crippen LogP contribution in [0.3, 0.4) is 0 Å². The molecular weight excluding hydrogens is 466 g/mol. The average molecular weight is 494 g/mol. The summed E-state index contributed by atoms with van der Waals surface area (Å²) in [6.07, 6.45) is 3.89. The number of allylic oxidation sites excluding steroid dienone is 1. The molecule has 1 aliphatic heterocycles. The zero-order chi connectivity index (χ0) is 25.4. The molecule has 0 fully saturated rings. The fourth-order valence-corrected chi connectivity index (χ4v) is 4.91. The number of aromatic carboxylic acids is 1. The number of hydrogen-bond donors (Lipinski definition) is 2. The minimum atomic E-state index is -1.08. The van der Waals surface area contributed by atoms with Gasteiger partial charge in [0.05, 0.1) is 18.7 Å². The highest BCUT2D eigenvalue weighted by Crippen LogP contribution is 2.46. The number of nitrogens with two attached hydrogens (primary N) is 1. The van der Waals surface area contributed by atoms with Gasteiger partial charge in [0, 0.05) is 34.5 Å². The summed E-state index contributed by atoms with van der Waals surface area (Å²) < 4.78 is 5.94. The van der Waals surface area contributed by atoms with E-state index in [9.17, 15) is 9.90 Å². The van der Waals surface area contributed by atoms with Gasteiger partial charge in [0.25, 0.3) is 0 Å². The first-order chi connectivity index (χ1) is 16.7. The molecule has 182 valence electrons. The lowest BCUT2D eigenvalue weighted by atomic mass is 9.91. The van der Waals surface area contributed by atoms with Gasteiger partial charge >= 0.3 is 5.97 Å². The number of carbonyl (C=O) groups is 1. The summed E-state index contributed by atoms with van der Waals surface area (Å²) in [6.45, 7) is 8.86. The lowest BCUT2D eigenvalue weighted by molar-refractivity contribution is 0.0690. The predicted octanol–water partition coefficient (Wildman–Crippen LogP) is 5.55. The van der Waals surface area contributed by atoms with Crippen LogP contribution in [0.15, 0.2) is 36.3 Å². The Morgan fingerprint density at radius 2 is 2.00 bits per heavy atom. The molecular formula is C26H28ClN5O3. The van der Waals surface area contributed by atoms with Gasteiger partial charge in [-0.15, -0.1) is 0 Å². The second-order valence-electron chi connectivity index (χ2n) is 8.56. The summed E-state index contributed by atoms with van der Waals surface area (Å²) in [6, 6.07) is 4.94. The van der Waals surface area contributed by atoms with E-state index in [4.69, 9.17) is 22.1 Å². The number of methoxy groups -OCH3 is 1. The van der Waals surface area contributed by atoms with Gasteiger partial charge in [0.1, 0.15) is 29.4 Å². The fraction of sp³-hybridized carbons (Fsp3) is 0.308. The number of carboxylic acids is 1. The second kappa shape index (κ2) is 9.54. The lowest BCUT2D eigenvalue weighted by Crippen LogP contribution is -2.34.